The molecule has 5 nitrogen and oxygen atoms in total. The topological polar surface area (TPSA) is 76.1 Å². The number of thiazole rings is 1. The maximum absolute atomic E-state index is 13.0. The molecular weight excluding hydrogens is 291 g/mol. The summed E-state index contributed by atoms with van der Waals surface area (Å²) in [4.78, 5) is 15.5. The lowest BCUT2D eigenvalue weighted by Crippen LogP contribution is -2.12. The Kier molecular flexibility index (Phi) is 3.63. The number of benzene rings is 1. The number of carbonyl (C=O) groups is 1. The first kappa shape index (κ1) is 13.6. The van der Waals surface area contributed by atoms with Gasteiger partial charge in [-0.1, -0.05) is 12.1 Å². The van der Waals surface area contributed by atoms with Crippen LogP contribution in [0.5, 0.6) is 0 Å². The van der Waals surface area contributed by atoms with Crippen LogP contribution < -0.4 is 5.32 Å². The minimum absolute atomic E-state index is 0.0962. The Morgan fingerprint density at radius 3 is 2.63 bits per heavy atom. The normalized spacial score (nSPS) is 11.3. The fourth-order valence-electron chi connectivity index (χ4n) is 1.43. The summed E-state index contributed by atoms with van der Waals surface area (Å²) in [5.74, 6) is -0.526. The number of nitrogens with one attached hydrogen (secondary N) is 1. The average molecular weight is 300 g/mol. The van der Waals surface area contributed by atoms with Gasteiger partial charge in [-0.2, -0.15) is 8.42 Å². The van der Waals surface area contributed by atoms with Gasteiger partial charge in [0, 0.05) is 0 Å². The van der Waals surface area contributed by atoms with Crippen LogP contribution in [0.4, 0.5) is 9.57 Å². The van der Waals surface area contributed by atoms with Crippen LogP contribution in [0, 0.1) is 6.92 Å². The Balaban J connectivity index is 2.32. The number of carbonyl (C=O) groups excluding carboxylic acids is 1. The van der Waals surface area contributed by atoms with E-state index in [-0.39, 0.29) is 5.69 Å². The third kappa shape index (κ3) is 3.15. The highest BCUT2D eigenvalue weighted by Crippen LogP contribution is 2.23. The van der Waals surface area contributed by atoms with E-state index in [4.69, 9.17) is 0 Å². The van der Waals surface area contributed by atoms with Crippen LogP contribution in [-0.4, -0.2) is 19.3 Å². The molecular formula is C11H9FN2O3S2. The van der Waals surface area contributed by atoms with Crippen LogP contribution in [0.3, 0.4) is 0 Å². The molecule has 1 amide bonds. The van der Waals surface area contributed by atoms with Crippen LogP contribution in [-0.2, 0) is 10.2 Å². The highest BCUT2D eigenvalue weighted by atomic mass is 32.3. The fraction of sp³-hybridized carbons (Fsp3) is 0.0909. The Hall–Kier alpha value is -1.80. The van der Waals surface area contributed by atoms with Crippen LogP contribution in [0.25, 0.3) is 0 Å². The van der Waals surface area contributed by atoms with Crippen molar-refractivity contribution in [2.24, 2.45) is 0 Å². The van der Waals surface area contributed by atoms with E-state index in [1.165, 1.54) is 24.4 Å². The van der Waals surface area contributed by atoms with Gasteiger partial charge in [-0.25, -0.2) is 4.98 Å². The van der Waals surface area contributed by atoms with E-state index >= 15 is 0 Å². The molecule has 0 spiro atoms. The van der Waals surface area contributed by atoms with Gasteiger partial charge in [0.25, 0.3) is 5.91 Å². The summed E-state index contributed by atoms with van der Waals surface area (Å²) in [5, 5.41) is 3.06. The summed E-state index contributed by atoms with van der Waals surface area (Å²) in [6.07, 6.45) is 1.38. The van der Waals surface area contributed by atoms with Crippen molar-refractivity contribution in [2.45, 2.75) is 11.8 Å². The van der Waals surface area contributed by atoms with Crippen LogP contribution in [0.1, 0.15) is 14.7 Å². The monoisotopic (exact) mass is 300 g/mol. The number of hydrogen-bond donors (Lipinski definition) is 1. The molecule has 0 fully saturated rings. The Morgan fingerprint density at radius 2 is 2.05 bits per heavy atom. The molecule has 1 N–H and O–H groups in total. The minimum atomic E-state index is -4.88. The predicted molar refractivity (Wildman–Crippen MR) is 69.5 cm³/mol. The van der Waals surface area contributed by atoms with E-state index in [1.807, 2.05) is 0 Å². The molecule has 2 rings (SSSR count). The molecule has 0 aliphatic heterocycles. The van der Waals surface area contributed by atoms with Gasteiger partial charge in [0.2, 0.25) is 0 Å². The first-order valence-electron chi connectivity index (χ1n) is 5.15. The van der Waals surface area contributed by atoms with Gasteiger partial charge >= 0.3 is 10.2 Å². The molecule has 0 saturated heterocycles. The number of halogens is 1. The zero-order valence-corrected chi connectivity index (χ0v) is 11.4. The van der Waals surface area contributed by atoms with E-state index in [2.05, 4.69) is 10.3 Å². The van der Waals surface area contributed by atoms with Crippen molar-refractivity contribution in [1.29, 1.82) is 0 Å². The third-order valence-corrected chi connectivity index (χ3v) is 4.04. The molecule has 1 heterocycles. The smallest absolute Gasteiger partial charge is 0.320 e. The van der Waals surface area contributed by atoms with Crippen LogP contribution in [0.2, 0.25) is 0 Å². The lowest BCUT2D eigenvalue weighted by molar-refractivity contribution is 0.103. The SMILES string of the molecule is Cc1ncc(C(=O)Nc2ccccc2S(=O)(=O)F)s1. The van der Waals surface area contributed by atoms with Crippen molar-refractivity contribution in [1.82, 2.24) is 4.98 Å². The van der Waals surface area contributed by atoms with Gasteiger partial charge in [-0.15, -0.1) is 15.2 Å². The summed E-state index contributed by atoms with van der Waals surface area (Å²) >= 11 is 1.16. The first-order valence-corrected chi connectivity index (χ1v) is 7.35. The van der Waals surface area contributed by atoms with Crippen LogP contribution >= 0.6 is 11.3 Å². The van der Waals surface area contributed by atoms with Crippen molar-refractivity contribution in [3.63, 3.8) is 0 Å². The molecule has 0 unspecified atom stereocenters. The van der Waals surface area contributed by atoms with Gasteiger partial charge in [0.1, 0.15) is 9.77 Å². The van der Waals surface area contributed by atoms with Crippen molar-refractivity contribution in [3.05, 3.63) is 40.3 Å². The molecule has 0 radical (unpaired) electrons. The number of hydrogen-bond acceptors (Lipinski definition) is 5. The molecule has 19 heavy (non-hydrogen) atoms. The molecule has 0 saturated carbocycles. The Labute approximate surface area is 113 Å². The lowest BCUT2D eigenvalue weighted by Gasteiger charge is -2.06. The predicted octanol–water partition coefficient (Wildman–Crippen LogP) is 2.36. The van der Waals surface area contributed by atoms with Gasteiger partial charge < -0.3 is 5.32 Å². The minimum Gasteiger partial charge on any atom is -0.320 e. The second-order valence-corrected chi connectivity index (χ2v) is 6.18. The second-order valence-electron chi connectivity index (χ2n) is 3.63. The maximum atomic E-state index is 13.0. The zero-order chi connectivity index (χ0) is 14.0. The van der Waals surface area contributed by atoms with Crippen LogP contribution in [0.15, 0.2) is 35.4 Å². The molecule has 100 valence electrons. The Bertz CT molecular complexity index is 725. The van der Waals surface area contributed by atoms with E-state index in [0.29, 0.717) is 9.88 Å². The number of aromatic nitrogens is 1. The third-order valence-electron chi connectivity index (χ3n) is 2.24. The number of nitrogens with zero attached hydrogens (tertiary/aromatic N) is 1. The second kappa shape index (κ2) is 5.06. The van der Waals surface area contributed by atoms with Crippen molar-refractivity contribution in [2.75, 3.05) is 5.32 Å². The summed E-state index contributed by atoms with van der Waals surface area (Å²) < 4.78 is 34.9. The van der Waals surface area contributed by atoms with Crippen molar-refractivity contribution >= 4 is 33.2 Å². The van der Waals surface area contributed by atoms with E-state index in [9.17, 15) is 17.1 Å². The number of rotatable bonds is 3. The molecule has 1 aromatic heterocycles. The largest absolute Gasteiger partial charge is 0.334 e. The zero-order valence-electron chi connectivity index (χ0n) is 9.75. The Morgan fingerprint density at radius 1 is 1.37 bits per heavy atom. The summed E-state index contributed by atoms with van der Waals surface area (Å²) in [5.41, 5.74) is -0.0962. The summed E-state index contributed by atoms with van der Waals surface area (Å²) in [6, 6.07) is 5.28. The molecule has 8 heteroatoms. The molecule has 2 aromatic rings. The van der Waals surface area contributed by atoms with Gasteiger partial charge in [0.15, 0.2) is 0 Å². The number of anilines is 1. The van der Waals surface area contributed by atoms with Crippen molar-refractivity contribution < 1.29 is 17.1 Å². The number of amides is 1. The fourth-order valence-corrected chi connectivity index (χ4v) is 2.73. The summed E-state index contributed by atoms with van der Waals surface area (Å²) in [6.45, 7) is 1.74. The molecule has 0 bridgehead atoms. The first-order chi connectivity index (χ1) is 8.88. The van der Waals surface area contributed by atoms with Gasteiger partial charge in [-0.05, 0) is 19.1 Å². The standard InChI is InChI=1S/C11H9FN2O3S2/c1-7-13-6-9(18-7)11(15)14-8-4-2-3-5-10(8)19(12,16)17/h2-6H,1H3,(H,14,15). The molecule has 0 atom stereocenters. The highest BCUT2D eigenvalue weighted by Gasteiger charge is 2.19. The highest BCUT2D eigenvalue weighted by molar-refractivity contribution is 7.86. The molecule has 1 aromatic carbocycles. The molecule has 0 aliphatic carbocycles. The van der Waals surface area contributed by atoms with Crippen molar-refractivity contribution in [3.8, 4) is 0 Å². The quantitative estimate of drug-likeness (QED) is 0.883. The van der Waals surface area contributed by atoms with E-state index < -0.39 is 21.0 Å². The lowest BCUT2D eigenvalue weighted by atomic mass is 10.3. The van der Waals surface area contributed by atoms with Gasteiger partial charge in [0.05, 0.1) is 16.9 Å². The average Bonchev–Trinajstić information content (AvgIpc) is 2.75. The number of para-hydroxylation sites is 1. The number of aryl methyl sites for hydroxylation is 1. The van der Waals surface area contributed by atoms with E-state index in [0.717, 1.165) is 17.4 Å². The maximum Gasteiger partial charge on any atom is 0.334 e. The van der Waals surface area contributed by atoms with Gasteiger partial charge in [-0.3, -0.25) is 4.79 Å². The summed E-state index contributed by atoms with van der Waals surface area (Å²) in [7, 11) is -4.88. The van der Waals surface area contributed by atoms with E-state index in [1.54, 1.807) is 6.92 Å². The molecule has 0 aliphatic rings.